The minimum absolute atomic E-state index is 0.0926. The number of amides is 2. The van der Waals surface area contributed by atoms with Gasteiger partial charge < -0.3 is 24.0 Å². The van der Waals surface area contributed by atoms with Crippen LogP contribution in [0.3, 0.4) is 0 Å². The molecule has 1 fully saturated rings. The van der Waals surface area contributed by atoms with Gasteiger partial charge in [-0.15, -0.1) is 0 Å². The zero-order valence-corrected chi connectivity index (χ0v) is 19.3. The Morgan fingerprint density at radius 1 is 1.03 bits per heavy atom. The minimum atomic E-state index is -0.560. The molecule has 0 aliphatic carbocycles. The molecule has 176 valence electrons. The van der Waals surface area contributed by atoms with E-state index in [1.54, 1.807) is 26.2 Å². The van der Waals surface area contributed by atoms with Crippen molar-refractivity contribution in [1.29, 1.82) is 0 Å². The molecule has 1 aliphatic rings. The lowest BCUT2D eigenvalue weighted by atomic mass is 10.1. The topological polar surface area (TPSA) is 85.4 Å². The standard InChI is InChI=1S/C25H30N2O6/c1-26(15-19-7-5-4-6-8-19)24(29)17-33-25(30)20-14-23(28)27(16-20)12-11-18-9-10-21(31-2)22(13-18)32-3/h4-10,13,20H,11-12,14-17H2,1-3H3/t20-/m0/s1. The van der Waals surface area contributed by atoms with Crippen LogP contribution in [0, 0.1) is 5.92 Å². The van der Waals surface area contributed by atoms with Crippen molar-refractivity contribution in [2.75, 3.05) is 41.0 Å². The Bertz CT molecular complexity index is 978. The van der Waals surface area contributed by atoms with E-state index >= 15 is 0 Å². The fourth-order valence-electron chi connectivity index (χ4n) is 3.75. The van der Waals surface area contributed by atoms with Gasteiger partial charge in [0.1, 0.15) is 0 Å². The third kappa shape index (κ3) is 6.47. The Kier molecular flexibility index (Phi) is 8.29. The maximum absolute atomic E-state index is 12.4. The number of likely N-dealkylation sites (tertiary alicyclic amines) is 1. The highest BCUT2D eigenvalue weighted by Gasteiger charge is 2.35. The number of hydrogen-bond acceptors (Lipinski definition) is 6. The first-order valence-corrected chi connectivity index (χ1v) is 10.8. The molecular weight excluding hydrogens is 424 g/mol. The van der Waals surface area contributed by atoms with Gasteiger partial charge in [-0.05, 0) is 29.7 Å². The predicted molar refractivity (Wildman–Crippen MR) is 122 cm³/mol. The van der Waals surface area contributed by atoms with E-state index < -0.39 is 11.9 Å². The third-order valence-corrected chi connectivity index (χ3v) is 5.69. The van der Waals surface area contributed by atoms with E-state index in [0.717, 1.165) is 11.1 Å². The summed E-state index contributed by atoms with van der Waals surface area (Å²) < 4.78 is 15.8. The zero-order chi connectivity index (χ0) is 23.8. The van der Waals surface area contributed by atoms with Crippen LogP contribution in [0.1, 0.15) is 17.5 Å². The van der Waals surface area contributed by atoms with Gasteiger partial charge in [0, 0.05) is 33.1 Å². The van der Waals surface area contributed by atoms with E-state index in [0.29, 0.717) is 37.6 Å². The van der Waals surface area contributed by atoms with Crippen LogP contribution in [-0.2, 0) is 32.1 Å². The Morgan fingerprint density at radius 3 is 2.45 bits per heavy atom. The molecule has 0 aromatic heterocycles. The first-order valence-electron chi connectivity index (χ1n) is 10.8. The molecule has 2 aromatic rings. The molecule has 33 heavy (non-hydrogen) atoms. The van der Waals surface area contributed by atoms with E-state index in [9.17, 15) is 14.4 Å². The summed E-state index contributed by atoms with van der Waals surface area (Å²) in [5.41, 5.74) is 1.99. The first-order chi connectivity index (χ1) is 15.9. The molecule has 8 nitrogen and oxygen atoms in total. The van der Waals surface area contributed by atoms with Crippen molar-refractivity contribution in [3.63, 3.8) is 0 Å². The molecule has 1 aliphatic heterocycles. The van der Waals surface area contributed by atoms with Crippen LogP contribution in [0.5, 0.6) is 11.5 Å². The highest BCUT2D eigenvalue weighted by atomic mass is 16.5. The van der Waals surface area contributed by atoms with E-state index in [4.69, 9.17) is 14.2 Å². The summed E-state index contributed by atoms with van der Waals surface area (Å²) in [7, 11) is 4.82. The molecule has 2 amide bonds. The van der Waals surface area contributed by atoms with Crippen LogP contribution in [-0.4, -0.2) is 68.5 Å². The van der Waals surface area contributed by atoms with E-state index in [1.807, 2.05) is 48.5 Å². The lowest BCUT2D eigenvalue weighted by molar-refractivity contribution is -0.155. The van der Waals surface area contributed by atoms with Gasteiger partial charge in [-0.1, -0.05) is 36.4 Å². The molecule has 0 bridgehead atoms. The quantitative estimate of drug-likeness (QED) is 0.512. The van der Waals surface area contributed by atoms with Gasteiger partial charge >= 0.3 is 5.97 Å². The molecule has 3 rings (SSSR count). The smallest absolute Gasteiger partial charge is 0.311 e. The van der Waals surface area contributed by atoms with Crippen LogP contribution in [0.15, 0.2) is 48.5 Å². The highest BCUT2D eigenvalue weighted by molar-refractivity contribution is 5.88. The van der Waals surface area contributed by atoms with Gasteiger partial charge in [-0.3, -0.25) is 14.4 Å². The van der Waals surface area contributed by atoms with Crippen LogP contribution in [0.25, 0.3) is 0 Å². The average Bonchev–Trinajstić information content (AvgIpc) is 3.21. The van der Waals surface area contributed by atoms with E-state index in [2.05, 4.69) is 0 Å². The molecule has 0 unspecified atom stereocenters. The summed E-state index contributed by atoms with van der Waals surface area (Å²) in [5, 5.41) is 0. The SMILES string of the molecule is COc1ccc(CCN2C[C@@H](C(=O)OCC(=O)N(C)Cc3ccccc3)CC2=O)cc1OC. The van der Waals surface area contributed by atoms with Gasteiger partial charge in [0.25, 0.3) is 5.91 Å². The summed E-state index contributed by atoms with van der Waals surface area (Å²) in [6.07, 6.45) is 0.718. The molecule has 0 radical (unpaired) electrons. The van der Waals surface area contributed by atoms with Crippen molar-refractivity contribution >= 4 is 17.8 Å². The Labute approximate surface area is 194 Å². The van der Waals surface area contributed by atoms with Crippen LogP contribution in [0.2, 0.25) is 0 Å². The maximum atomic E-state index is 12.4. The van der Waals surface area contributed by atoms with Crippen molar-refractivity contribution in [2.45, 2.75) is 19.4 Å². The first kappa shape index (κ1) is 24.1. The van der Waals surface area contributed by atoms with Crippen molar-refractivity contribution in [3.8, 4) is 11.5 Å². The minimum Gasteiger partial charge on any atom is -0.493 e. The van der Waals surface area contributed by atoms with Crippen molar-refractivity contribution in [2.24, 2.45) is 5.92 Å². The number of likely N-dealkylation sites (N-methyl/N-ethyl adjacent to an activating group) is 1. The van der Waals surface area contributed by atoms with Gasteiger partial charge in [0.2, 0.25) is 5.91 Å². The number of rotatable bonds is 10. The molecule has 1 heterocycles. The monoisotopic (exact) mass is 454 g/mol. The van der Waals surface area contributed by atoms with Crippen LogP contribution < -0.4 is 9.47 Å². The summed E-state index contributed by atoms with van der Waals surface area (Å²) in [6.45, 7) is 0.872. The maximum Gasteiger partial charge on any atom is 0.311 e. The molecule has 0 spiro atoms. The molecule has 1 saturated heterocycles. The average molecular weight is 455 g/mol. The number of nitrogens with zero attached hydrogens (tertiary/aromatic N) is 2. The van der Waals surface area contributed by atoms with Crippen LogP contribution >= 0.6 is 0 Å². The molecule has 1 atom stereocenters. The fourth-order valence-corrected chi connectivity index (χ4v) is 3.75. The summed E-state index contributed by atoms with van der Waals surface area (Å²) in [5.74, 6) is -0.184. The van der Waals surface area contributed by atoms with Crippen molar-refractivity contribution in [3.05, 3.63) is 59.7 Å². The molecule has 8 heteroatoms. The van der Waals surface area contributed by atoms with Gasteiger partial charge in [-0.2, -0.15) is 0 Å². The second-order valence-electron chi connectivity index (χ2n) is 8.02. The normalized spacial score (nSPS) is 15.3. The Morgan fingerprint density at radius 2 is 1.76 bits per heavy atom. The summed E-state index contributed by atoms with van der Waals surface area (Å²) >= 11 is 0. The molecule has 2 aromatic carbocycles. The predicted octanol–water partition coefficient (Wildman–Crippen LogP) is 2.30. The lowest BCUT2D eigenvalue weighted by Gasteiger charge is -2.18. The Hall–Kier alpha value is -3.55. The largest absolute Gasteiger partial charge is 0.493 e. The summed E-state index contributed by atoms with van der Waals surface area (Å²) in [6, 6.07) is 15.2. The number of methoxy groups -OCH3 is 2. The zero-order valence-electron chi connectivity index (χ0n) is 19.3. The summed E-state index contributed by atoms with van der Waals surface area (Å²) in [4.78, 5) is 40.3. The second-order valence-corrected chi connectivity index (χ2v) is 8.02. The van der Waals surface area contributed by atoms with Gasteiger partial charge in [0.05, 0.1) is 20.1 Å². The lowest BCUT2D eigenvalue weighted by Crippen LogP contribution is -2.33. The molecule has 0 N–H and O–H groups in total. The van der Waals surface area contributed by atoms with E-state index in [1.165, 1.54) is 4.90 Å². The number of hydrogen-bond donors (Lipinski definition) is 0. The second kappa shape index (κ2) is 11.4. The number of benzene rings is 2. The van der Waals surface area contributed by atoms with E-state index in [-0.39, 0.29) is 24.8 Å². The fraction of sp³-hybridized carbons (Fsp3) is 0.400. The Balaban J connectivity index is 1.45. The van der Waals surface area contributed by atoms with Crippen molar-refractivity contribution < 1.29 is 28.6 Å². The van der Waals surface area contributed by atoms with Gasteiger partial charge in [-0.25, -0.2) is 0 Å². The van der Waals surface area contributed by atoms with Crippen molar-refractivity contribution in [1.82, 2.24) is 9.80 Å². The number of ether oxygens (including phenoxy) is 3. The highest BCUT2D eigenvalue weighted by Crippen LogP contribution is 2.28. The number of carbonyl (C=O) groups is 3. The van der Waals surface area contributed by atoms with Crippen LogP contribution in [0.4, 0.5) is 0 Å². The number of esters is 1. The van der Waals surface area contributed by atoms with Gasteiger partial charge in [0.15, 0.2) is 18.1 Å². The molecular formula is C25H30N2O6. The number of carbonyl (C=O) groups excluding carboxylic acids is 3. The third-order valence-electron chi connectivity index (χ3n) is 5.69. The molecule has 0 saturated carbocycles.